The summed E-state index contributed by atoms with van der Waals surface area (Å²) in [6.07, 6.45) is 0.749. The lowest BCUT2D eigenvalue weighted by Crippen LogP contribution is -2.44. The summed E-state index contributed by atoms with van der Waals surface area (Å²) in [5.74, 6) is -0.206. The molecule has 0 unspecified atom stereocenters. The first-order valence-corrected chi connectivity index (χ1v) is 13.0. The SMILES string of the molecule is CC[C@@]1(O)C(=O)OCc2c1cc1n(c2=O)Cc2c-1nc1cccc3c1c2N(CCc1ccc(F)cc1)C(C)=N3. The molecular formula is C30H25FN4O4. The molecule has 39 heavy (non-hydrogen) atoms. The fraction of sp³-hybridized carbons (Fsp3) is 0.267. The number of nitrogens with zero attached hydrogens (tertiary/aromatic N) is 4. The number of ether oxygens (including phenoxy) is 1. The molecule has 7 rings (SSSR count). The summed E-state index contributed by atoms with van der Waals surface area (Å²) >= 11 is 0. The molecule has 2 aromatic heterocycles. The Hall–Kier alpha value is -4.37. The van der Waals surface area contributed by atoms with Crippen LogP contribution in [0.2, 0.25) is 0 Å². The molecule has 1 N–H and O–H groups in total. The van der Waals surface area contributed by atoms with E-state index in [1.165, 1.54) is 12.1 Å². The topological polar surface area (TPSA) is 97.0 Å². The zero-order chi connectivity index (χ0) is 27.1. The molecule has 9 heteroatoms. The van der Waals surface area contributed by atoms with Crippen LogP contribution in [0.25, 0.3) is 22.3 Å². The maximum Gasteiger partial charge on any atom is 0.343 e. The largest absolute Gasteiger partial charge is 0.458 e. The fourth-order valence-electron chi connectivity index (χ4n) is 6.04. The number of fused-ring (bicyclic) bond motifs is 5. The van der Waals surface area contributed by atoms with Crippen molar-refractivity contribution in [3.8, 4) is 11.4 Å². The van der Waals surface area contributed by atoms with Gasteiger partial charge in [0.15, 0.2) is 5.60 Å². The average Bonchev–Trinajstić information content (AvgIpc) is 3.30. The number of esters is 1. The van der Waals surface area contributed by atoms with Crippen molar-refractivity contribution >= 4 is 34.1 Å². The van der Waals surface area contributed by atoms with E-state index in [1.54, 1.807) is 29.7 Å². The number of aromatic nitrogens is 2. The lowest BCUT2D eigenvalue weighted by Gasteiger charge is -2.31. The monoisotopic (exact) mass is 524 g/mol. The molecule has 1 atom stereocenters. The lowest BCUT2D eigenvalue weighted by molar-refractivity contribution is -0.172. The van der Waals surface area contributed by atoms with Crippen LogP contribution in [0.1, 0.15) is 42.5 Å². The van der Waals surface area contributed by atoms with Crippen molar-refractivity contribution in [2.24, 2.45) is 4.99 Å². The number of hydrogen-bond donors (Lipinski definition) is 1. The van der Waals surface area contributed by atoms with E-state index in [-0.39, 0.29) is 24.4 Å². The second kappa shape index (κ2) is 8.31. The van der Waals surface area contributed by atoms with Crippen molar-refractivity contribution in [3.05, 3.63) is 87.0 Å². The number of hydrogen-bond acceptors (Lipinski definition) is 7. The number of rotatable bonds is 4. The Kier molecular flexibility index (Phi) is 5.06. The van der Waals surface area contributed by atoms with Gasteiger partial charge in [0.25, 0.3) is 5.56 Å². The van der Waals surface area contributed by atoms with Gasteiger partial charge in [0.2, 0.25) is 0 Å². The fourth-order valence-corrected chi connectivity index (χ4v) is 6.04. The van der Waals surface area contributed by atoms with Crippen molar-refractivity contribution in [1.29, 1.82) is 0 Å². The minimum absolute atomic E-state index is 0.0845. The molecule has 0 spiro atoms. The van der Waals surface area contributed by atoms with Crippen molar-refractivity contribution < 1.29 is 19.0 Å². The molecular weight excluding hydrogens is 499 g/mol. The smallest absolute Gasteiger partial charge is 0.343 e. The first-order valence-electron chi connectivity index (χ1n) is 13.0. The Labute approximate surface area is 223 Å². The highest BCUT2D eigenvalue weighted by molar-refractivity contribution is 6.15. The molecule has 5 heterocycles. The van der Waals surface area contributed by atoms with Crippen molar-refractivity contribution in [1.82, 2.24) is 9.55 Å². The number of cyclic esters (lactones) is 1. The minimum atomic E-state index is -1.88. The van der Waals surface area contributed by atoms with Gasteiger partial charge in [-0.1, -0.05) is 25.1 Å². The Morgan fingerprint density at radius 1 is 1.13 bits per heavy atom. The van der Waals surface area contributed by atoms with Crippen LogP contribution in [0.15, 0.2) is 58.3 Å². The van der Waals surface area contributed by atoms with Crippen LogP contribution in [0.5, 0.6) is 0 Å². The first-order chi connectivity index (χ1) is 18.8. The molecule has 0 saturated heterocycles. The van der Waals surface area contributed by atoms with Gasteiger partial charge in [-0.2, -0.15) is 0 Å². The molecule has 3 aliphatic heterocycles. The Morgan fingerprint density at radius 2 is 1.92 bits per heavy atom. The average molecular weight is 525 g/mol. The van der Waals surface area contributed by atoms with Gasteiger partial charge in [0, 0.05) is 17.7 Å². The van der Waals surface area contributed by atoms with Gasteiger partial charge in [-0.3, -0.25) is 4.79 Å². The number of pyridine rings is 2. The lowest BCUT2D eigenvalue weighted by atomic mass is 9.86. The number of halogens is 1. The van der Waals surface area contributed by atoms with Crippen molar-refractivity contribution in [3.63, 3.8) is 0 Å². The van der Waals surface area contributed by atoms with E-state index in [2.05, 4.69) is 4.90 Å². The van der Waals surface area contributed by atoms with E-state index in [0.717, 1.165) is 39.2 Å². The summed E-state index contributed by atoms with van der Waals surface area (Å²) in [7, 11) is 0. The second-order valence-electron chi connectivity index (χ2n) is 10.2. The van der Waals surface area contributed by atoms with Gasteiger partial charge in [-0.05, 0) is 55.7 Å². The number of carbonyl (C=O) groups excluding carboxylic acids is 1. The molecule has 0 bridgehead atoms. The van der Waals surface area contributed by atoms with E-state index in [4.69, 9.17) is 14.7 Å². The van der Waals surface area contributed by atoms with E-state index in [9.17, 15) is 19.1 Å². The van der Waals surface area contributed by atoms with Gasteiger partial charge in [-0.25, -0.2) is 19.2 Å². The quantitative estimate of drug-likeness (QED) is 0.352. The molecule has 0 amide bonds. The normalized spacial score (nSPS) is 18.9. The predicted octanol–water partition coefficient (Wildman–Crippen LogP) is 4.33. The maximum atomic E-state index is 13.7. The number of amidine groups is 1. The number of carbonyl (C=O) groups is 1. The van der Waals surface area contributed by atoms with Gasteiger partial charge >= 0.3 is 5.97 Å². The molecule has 0 saturated carbocycles. The number of aliphatic hydroxyl groups is 1. The van der Waals surface area contributed by atoms with E-state index in [1.807, 2.05) is 25.1 Å². The van der Waals surface area contributed by atoms with Crippen LogP contribution in [-0.4, -0.2) is 33.0 Å². The third kappa shape index (κ3) is 3.32. The molecule has 0 aliphatic carbocycles. The summed E-state index contributed by atoms with van der Waals surface area (Å²) in [5.41, 5.74) is 4.01. The second-order valence-corrected chi connectivity index (χ2v) is 10.2. The number of aliphatic imine (C=N–C) groups is 1. The summed E-state index contributed by atoms with van der Waals surface area (Å²) in [6, 6.07) is 14.0. The van der Waals surface area contributed by atoms with Crippen LogP contribution in [-0.2, 0) is 34.7 Å². The third-order valence-electron chi connectivity index (χ3n) is 8.14. The highest BCUT2D eigenvalue weighted by Gasteiger charge is 2.45. The molecule has 3 aliphatic rings. The molecule has 2 aromatic carbocycles. The van der Waals surface area contributed by atoms with Gasteiger partial charge < -0.3 is 19.3 Å². The Bertz CT molecular complexity index is 1810. The standard InChI is InChI=1S/C30H25FN4O4/c1-3-30(38)21-13-24-26-19(14-35(24)28(36)20(21)15-39-29(30)37)27-25-22(5-4-6-23(25)33-26)32-16(2)34(27)12-11-17-7-9-18(31)10-8-17/h4-10,13,38H,3,11-12,14-15H2,1-2H3/t30-/m0/s1. The highest BCUT2D eigenvalue weighted by Crippen LogP contribution is 2.47. The summed E-state index contributed by atoms with van der Waals surface area (Å²) in [6.45, 7) is 4.36. The molecule has 8 nitrogen and oxygen atoms in total. The van der Waals surface area contributed by atoms with Crippen LogP contribution in [0.4, 0.5) is 15.8 Å². The van der Waals surface area contributed by atoms with Gasteiger partial charge in [-0.15, -0.1) is 0 Å². The third-order valence-corrected chi connectivity index (χ3v) is 8.14. The van der Waals surface area contributed by atoms with Gasteiger partial charge in [0.05, 0.1) is 45.8 Å². The molecule has 4 aromatic rings. The van der Waals surface area contributed by atoms with Crippen LogP contribution < -0.4 is 10.5 Å². The number of anilines is 1. The van der Waals surface area contributed by atoms with Crippen LogP contribution in [0.3, 0.4) is 0 Å². The molecule has 0 radical (unpaired) electrons. The Morgan fingerprint density at radius 3 is 2.69 bits per heavy atom. The number of benzene rings is 2. The zero-order valence-corrected chi connectivity index (χ0v) is 21.5. The maximum absolute atomic E-state index is 13.7. The van der Waals surface area contributed by atoms with Gasteiger partial charge in [0.1, 0.15) is 18.3 Å². The predicted molar refractivity (Wildman–Crippen MR) is 145 cm³/mol. The van der Waals surface area contributed by atoms with Crippen molar-refractivity contribution in [2.45, 2.75) is 45.4 Å². The van der Waals surface area contributed by atoms with E-state index >= 15 is 0 Å². The molecule has 196 valence electrons. The Balaban J connectivity index is 1.42. The van der Waals surface area contributed by atoms with E-state index < -0.39 is 11.6 Å². The van der Waals surface area contributed by atoms with Crippen molar-refractivity contribution in [2.75, 3.05) is 11.4 Å². The summed E-state index contributed by atoms with van der Waals surface area (Å²) in [4.78, 5) is 38.2. The highest BCUT2D eigenvalue weighted by atomic mass is 19.1. The minimum Gasteiger partial charge on any atom is -0.458 e. The molecule has 0 fully saturated rings. The van der Waals surface area contributed by atoms with Crippen LogP contribution in [0, 0.1) is 5.82 Å². The summed E-state index contributed by atoms with van der Waals surface area (Å²) in [5, 5.41) is 12.1. The van der Waals surface area contributed by atoms with Crippen LogP contribution >= 0.6 is 0 Å². The van der Waals surface area contributed by atoms with E-state index in [0.29, 0.717) is 42.0 Å². The summed E-state index contributed by atoms with van der Waals surface area (Å²) < 4.78 is 20.3. The zero-order valence-electron chi connectivity index (χ0n) is 21.5. The first kappa shape index (κ1) is 23.7.